The van der Waals surface area contributed by atoms with Crippen LogP contribution in [0, 0.1) is 0 Å². The number of imidazole rings is 1. The SMILES string of the molecule is CCNC(Cc1ncc[nH]1)c1ccc2c(c1)CCC2. The number of H-pyrrole nitrogens is 1. The minimum Gasteiger partial charge on any atom is -0.349 e. The van der Waals surface area contributed by atoms with E-state index in [0.717, 1.165) is 18.8 Å². The van der Waals surface area contributed by atoms with E-state index in [9.17, 15) is 0 Å². The maximum absolute atomic E-state index is 4.34. The van der Waals surface area contributed by atoms with Gasteiger partial charge in [-0.1, -0.05) is 25.1 Å². The van der Waals surface area contributed by atoms with Crippen LogP contribution in [0.3, 0.4) is 0 Å². The third kappa shape index (κ3) is 2.71. The van der Waals surface area contributed by atoms with Crippen LogP contribution < -0.4 is 5.32 Å². The quantitative estimate of drug-likeness (QED) is 0.862. The summed E-state index contributed by atoms with van der Waals surface area (Å²) in [4.78, 5) is 7.54. The highest BCUT2D eigenvalue weighted by Gasteiger charge is 2.16. The molecule has 0 fully saturated rings. The first-order chi connectivity index (χ1) is 9.36. The summed E-state index contributed by atoms with van der Waals surface area (Å²) in [7, 11) is 0. The largest absolute Gasteiger partial charge is 0.349 e. The van der Waals surface area contributed by atoms with Crippen molar-refractivity contribution < 1.29 is 0 Å². The molecule has 1 aromatic carbocycles. The van der Waals surface area contributed by atoms with Crippen LogP contribution in [0.25, 0.3) is 0 Å². The van der Waals surface area contributed by atoms with Crippen LogP contribution in [0.5, 0.6) is 0 Å². The lowest BCUT2D eigenvalue weighted by Gasteiger charge is -2.18. The first-order valence-electron chi connectivity index (χ1n) is 7.20. The number of hydrogen-bond acceptors (Lipinski definition) is 2. The summed E-state index contributed by atoms with van der Waals surface area (Å²) in [6.07, 6.45) is 8.42. The van der Waals surface area contributed by atoms with Crippen LogP contribution in [-0.2, 0) is 19.3 Å². The number of hydrogen-bond donors (Lipinski definition) is 2. The van der Waals surface area contributed by atoms with E-state index in [1.807, 2.05) is 12.4 Å². The molecular formula is C16H21N3. The molecular weight excluding hydrogens is 234 g/mol. The predicted molar refractivity (Wildman–Crippen MR) is 77.2 cm³/mol. The molecule has 1 atom stereocenters. The lowest BCUT2D eigenvalue weighted by molar-refractivity contribution is 0.539. The summed E-state index contributed by atoms with van der Waals surface area (Å²) in [5, 5.41) is 3.57. The van der Waals surface area contributed by atoms with Gasteiger partial charge in [0.2, 0.25) is 0 Å². The van der Waals surface area contributed by atoms with E-state index >= 15 is 0 Å². The Morgan fingerprint density at radius 2 is 2.21 bits per heavy atom. The van der Waals surface area contributed by atoms with Crippen molar-refractivity contribution in [3.8, 4) is 0 Å². The maximum Gasteiger partial charge on any atom is 0.107 e. The zero-order valence-electron chi connectivity index (χ0n) is 11.4. The minimum absolute atomic E-state index is 0.349. The molecule has 3 heteroatoms. The molecule has 0 aliphatic heterocycles. The van der Waals surface area contributed by atoms with Gasteiger partial charge in [-0.15, -0.1) is 0 Å². The van der Waals surface area contributed by atoms with Crippen LogP contribution in [0.4, 0.5) is 0 Å². The summed E-state index contributed by atoms with van der Waals surface area (Å²) in [5.74, 6) is 1.05. The van der Waals surface area contributed by atoms with Gasteiger partial charge in [0, 0.05) is 24.9 Å². The van der Waals surface area contributed by atoms with Gasteiger partial charge >= 0.3 is 0 Å². The van der Waals surface area contributed by atoms with Gasteiger partial charge < -0.3 is 10.3 Å². The smallest absolute Gasteiger partial charge is 0.107 e. The van der Waals surface area contributed by atoms with E-state index in [1.165, 1.54) is 30.4 Å². The summed E-state index contributed by atoms with van der Waals surface area (Å²) >= 11 is 0. The Hall–Kier alpha value is -1.61. The zero-order valence-corrected chi connectivity index (χ0v) is 11.4. The van der Waals surface area contributed by atoms with E-state index in [2.05, 4.69) is 40.4 Å². The number of nitrogens with zero attached hydrogens (tertiary/aromatic N) is 1. The van der Waals surface area contributed by atoms with E-state index < -0.39 is 0 Å². The van der Waals surface area contributed by atoms with Gasteiger partial charge in [0.1, 0.15) is 5.82 Å². The van der Waals surface area contributed by atoms with Crippen LogP contribution >= 0.6 is 0 Å². The molecule has 1 unspecified atom stereocenters. The van der Waals surface area contributed by atoms with Gasteiger partial charge in [0.15, 0.2) is 0 Å². The molecule has 19 heavy (non-hydrogen) atoms. The second-order valence-electron chi connectivity index (χ2n) is 5.23. The number of aromatic nitrogens is 2. The normalized spacial score (nSPS) is 15.4. The lowest BCUT2D eigenvalue weighted by atomic mass is 9.98. The fourth-order valence-corrected chi connectivity index (χ4v) is 2.97. The lowest BCUT2D eigenvalue weighted by Crippen LogP contribution is -2.23. The third-order valence-electron chi connectivity index (χ3n) is 3.93. The second-order valence-corrected chi connectivity index (χ2v) is 5.23. The van der Waals surface area contributed by atoms with E-state index in [-0.39, 0.29) is 0 Å². The molecule has 1 aromatic heterocycles. The van der Waals surface area contributed by atoms with Crippen molar-refractivity contribution in [1.29, 1.82) is 0 Å². The van der Waals surface area contributed by atoms with Crippen molar-refractivity contribution in [2.45, 2.75) is 38.6 Å². The Kier molecular flexibility index (Phi) is 3.65. The van der Waals surface area contributed by atoms with Crippen molar-refractivity contribution in [1.82, 2.24) is 15.3 Å². The van der Waals surface area contributed by atoms with Crippen molar-refractivity contribution >= 4 is 0 Å². The zero-order chi connectivity index (χ0) is 13.1. The molecule has 100 valence electrons. The molecule has 0 saturated heterocycles. The Bertz CT molecular complexity index is 531. The highest BCUT2D eigenvalue weighted by atomic mass is 14.9. The molecule has 0 spiro atoms. The number of rotatable bonds is 5. The number of benzene rings is 1. The van der Waals surface area contributed by atoms with Crippen LogP contribution in [0.15, 0.2) is 30.6 Å². The number of aromatic amines is 1. The summed E-state index contributed by atoms with van der Waals surface area (Å²) in [5.41, 5.74) is 4.47. The third-order valence-corrected chi connectivity index (χ3v) is 3.93. The van der Waals surface area contributed by atoms with Crippen molar-refractivity contribution in [2.24, 2.45) is 0 Å². The topological polar surface area (TPSA) is 40.7 Å². The van der Waals surface area contributed by atoms with Crippen molar-refractivity contribution in [3.05, 3.63) is 53.1 Å². The molecule has 3 nitrogen and oxygen atoms in total. The van der Waals surface area contributed by atoms with Gasteiger partial charge in [-0.2, -0.15) is 0 Å². The van der Waals surface area contributed by atoms with Crippen LogP contribution in [0.1, 0.15) is 41.9 Å². The van der Waals surface area contributed by atoms with Crippen LogP contribution in [-0.4, -0.2) is 16.5 Å². The molecule has 1 heterocycles. The highest BCUT2D eigenvalue weighted by Crippen LogP contribution is 2.26. The maximum atomic E-state index is 4.34. The Balaban J connectivity index is 1.83. The van der Waals surface area contributed by atoms with Gasteiger partial charge in [-0.05, 0) is 42.5 Å². The van der Waals surface area contributed by atoms with Gasteiger partial charge in [-0.3, -0.25) is 0 Å². The molecule has 1 aliphatic carbocycles. The summed E-state index contributed by atoms with van der Waals surface area (Å²) in [6, 6.07) is 7.32. The van der Waals surface area contributed by atoms with E-state index in [0.29, 0.717) is 6.04 Å². The molecule has 2 aromatic rings. The van der Waals surface area contributed by atoms with Crippen LogP contribution in [0.2, 0.25) is 0 Å². The number of nitrogens with one attached hydrogen (secondary N) is 2. The fraction of sp³-hybridized carbons (Fsp3) is 0.438. The molecule has 1 aliphatic rings. The molecule has 0 bridgehead atoms. The predicted octanol–water partition coefficient (Wildman–Crippen LogP) is 2.79. The first-order valence-corrected chi connectivity index (χ1v) is 7.20. The Morgan fingerprint density at radius 3 is 3.00 bits per heavy atom. The van der Waals surface area contributed by atoms with E-state index in [4.69, 9.17) is 0 Å². The van der Waals surface area contributed by atoms with Gasteiger partial charge in [0.05, 0.1) is 0 Å². The number of aryl methyl sites for hydroxylation is 2. The number of fused-ring (bicyclic) bond motifs is 1. The average molecular weight is 255 g/mol. The summed E-state index contributed by atoms with van der Waals surface area (Å²) < 4.78 is 0. The summed E-state index contributed by atoms with van der Waals surface area (Å²) in [6.45, 7) is 3.13. The highest BCUT2D eigenvalue weighted by molar-refractivity contribution is 5.36. The minimum atomic E-state index is 0.349. The Labute approximate surface area is 114 Å². The fourth-order valence-electron chi connectivity index (χ4n) is 2.97. The first kappa shape index (κ1) is 12.4. The molecule has 0 amide bonds. The number of likely N-dealkylation sites (N-methyl/N-ethyl adjacent to an activating group) is 1. The van der Waals surface area contributed by atoms with Crippen molar-refractivity contribution in [3.63, 3.8) is 0 Å². The van der Waals surface area contributed by atoms with Crippen molar-refractivity contribution in [2.75, 3.05) is 6.54 Å². The van der Waals surface area contributed by atoms with Gasteiger partial charge in [0.25, 0.3) is 0 Å². The molecule has 2 N–H and O–H groups in total. The second kappa shape index (κ2) is 5.57. The standard InChI is InChI=1S/C16H21N3/c1-2-17-15(11-16-18-8-9-19-16)14-7-6-12-4-3-5-13(12)10-14/h6-10,15,17H,2-5,11H2,1H3,(H,18,19). The molecule has 0 saturated carbocycles. The molecule has 3 rings (SSSR count). The van der Waals surface area contributed by atoms with E-state index in [1.54, 1.807) is 5.56 Å². The molecule has 0 radical (unpaired) electrons. The average Bonchev–Trinajstić information content (AvgIpc) is 3.08. The van der Waals surface area contributed by atoms with Gasteiger partial charge in [-0.25, -0.2) is 4.98 Å². The Morgan fingerprint density at radius 1 is 1.32 bits per heavy atom. The monoisotopic (exact) mass is 255 g/mol.